The molecule has 0 saturated heterocycles. The lowest BCUT2D eigenvalue weighted by Crippen LogP contribution is -2.10. The van der Waals surface area contributed by atoms with E-state index in [2.05, 4.69) is 10.6 Å². The van der Waals surface area contributed by atoms with Crippen LogP contribution in [-0.2, 0) is 4.79 Å². The minimum Gasteiger partial charge on any atom is -0.495 e. The Morgan fingerprint density at radius 2 is 1.85 bits per heavy atom. The zero-order valence-electron chi connectivity index (χ0n) is 18.3. The number of rotatable bonds is 4. The summed E-state index contributed by atoms with van der Waals surface area (Å²) in [4.78, 5) is 13.6. The molecule has 1 heterocycles. The predicted molar refractivity (Wildman–Crippen MR) is 130 cm³/mol. The highest BCUT2D eigenvalue weighted by atomic mass is 32.2. The van der Waals surface area contributed by atoms with Crippen LogP contribution in [0.15, 0.2) is 70.5 Å². The van der Waals surface area contributed by atoms with Crippen LogP contribution >= 0.6 is 11.8 Å². The summed E-state index contributed by atoms with van der Waals surface area (Å²) < 4.78 is 25.3. The van der Waals surface area contributed by atoms with Gasteiger partial charge in [-0.15, -0.1) is 0 Å². The molecular formula is C26H21FN2O3S. The van der Waals surface area contributed by atoms with Gasteiger partial charge in [0, 0.05) is 22.6 Å². The maximum atomic E-state index is 14.0. The molecule has 7 heteroatoms. The Kier molecular flexibility index (Phi) is 5.34. The molecule has 0 radical (unpaired) electrons. The average Bonchev–Trinajstić information content (AvgIpc) is 2.80. The normalized spacial score (nSPS) is 11.9. The van der Waals surface area contributed by atoms with Crippen molar-refractivity contribution in [3.05, 3.63) is 72.0 Å². The van der Waals surface area contributed by atoms with Crippen molar-refractivity contribution in [2.24, 2.45) is 0 Å². The third-order valence-corrected chi connectivity index (χ3v) is 6.57. The summed E-state index contributed by atoms with van der Waals surface area (Å²) >= 11 is 1.42. The minimum absolute atomic E-state index is 0.317. The number of ether oxygens (including phenoxy) is 2. The van der Waals surface area contributed by atoms with E-state index in [1.165, 1.54) is 30.8 Å². The van der Waals surface area contributed by atoms with Crippen molar-refractivity contribution in [3.8, 4) is 11.5 Å². The lowest BCUT2D eigenvalue weighted by atomic mass is 10.0. The highest BCUT2D eigenvalue weighted by Crippen LogP contribution is 2.55. The van der Waals surface area contributed by atoms with Crippen molar-refractivity contribution in [1.82, 2.24) is 0 Å². The van der Waals surface area contributed by atoms with Crippen LogP contribution < -0.4 is 20.1 Å². The molecule has 4 aromatic carbocycles. The van der Waals surface area contributed by atoms with Gasteiger partial charge in [0.25, 0.3) is 0 Å². The Balaban J connectivity index is 1.79. The first kappa shape index (κ1) is 21.2. The first-order valence-electron chi connectivity index (χ1n) is 10.4. The van der Waals surface area contributed by atoms with Crippen LogP contribution in [0.25, 0.3) is 10.8 Å². The summed E-state index contributed by atoms with van der Waals surface area (Å²) in [6, 6.07) is 18.2. The molecule has 1 aliphatic rings. The van der Waals surface area contributed by atoms with Gasteiger partial charge >= 0.3 is 5.97 Å². The van der Waals surface area contributed by atoms with E-state index in [1.807, 2.05) is 49.4 Å². The molecule has 0 aliphatic carbocycles. The fourth-order valence-electron chi connectivity index (χ4n) is 3.96. The molecule has 0 bridgehead atoms. The summed E-state index contributed by atoms with van der Waals surface area (Å²) in [7, 11) is 1.61. The van der Waals surface area contributed by atoms with E-state index in [-0.39, 0.29) is 5.82 Å². The van der Waals surface area contributed by atoms with E-state index in [1.54, 1.807) is 13.2 Å². The Labute approximate surface area is 194 Å². The van der Waals surface area contributed by atoms with E-state index in [0.717, 1.165) is 43.2 Å². The van der Waals surface area contributed by atoms with Gasteiger partial charge in [0.1, 0.15) is 11.6 Å². The van der Waals surface area contributed by atoms with Gasteiger partial charge in [-0.3, -0.25) is 4.79 Å². The summed E-state index contributed by atoms with van der Waals surface area (Å²) in [5.41, 5.74) is 4.06. The largest absolute Gasteiger partial charge is 0.495 e. The van der Waals surface area contributed by atoms with Crippen LogP contribution in [0.2, 0.25) is 0 Å². The monoisotopic (exact) mass is 460 g/mol. The van der Waals surface area contributed by atoms with E-state index in [9.17, 15) is 9.18 Å². The van der Waals surface area contributed by atoms with Gasteiger partial charge in [-0.1, -0.05) is 42.1 Å². The van der Waals surface area contributed by atoms with Crippen LogP contribution in [0.5, 0.6) is 11.5 Å². The molecule has 0 unspecified atom stereocenters. The van der Waals surface area contributed by atoms with Gasteiger partial charge in [-0.2, -0.15) is 0 Å². The summed E-state index contributed by atoms with van der Waals surface area (Å²) in [6.45, 7) is 3.37. The van der Waals surface area contributed by atoms with Gasteiger partial charge in [-0.25, -0.2) is 4.39 Å². The zero-order valence-corrected chi connectivity index (χ0v) is 19.1. The van der Waals surface area contributed by atoms with Crippen LogP contribution in [-0.4, -0.2) is 13.1 Å². The molecule has 5 nitrogen and oxygen atoms in total. The standard InChI is InChI=1S/C26H21FN2O3S/c1-14-8-11-21(31-3)20(12-14)29-24-25(32-15(2)30)18-7-5-4-6-17(18)23-26(24)33-22-13-16(27)9-10-19(22)28-23/h4-13,28-29H,1-3H3. The number of carbonyl (C=O) groups excluding carboxylic acids is 1. The number of hydrogen-bond acceptors (Lipinski definition) is 6. The van der Waals surface area contributed by atoms with E-state index in [4.69, 9.17) is 9.47 Å². The van der Waals surface area contributed by atoms with Crippen molar-refractivity contribution in [1.29, 1.82) is 0 Å². The summed E-state index contributed by atoms with van der Waals surface area (Å²) in [5, 5.41) is 8.58. The molecule has 0 amide bonds. The highest BCUT2D eigenvalue weighted by molar-refractivity contribution is 8.00. The molecule has 33 heavy (non-hydrogen) atoms. The number of methoxy groups -OCH3 is 1. The molecule has 166 valence electrons. The fraction of sp³-hybridized carbons (Fsp3) is 0.115. The SMILES string of the molecule is COc1ccc(C)cc1Nc1c2c(c3ccccc3c1OC(C)=O)Nc1ccc(F)cc1S2. The molecular weight excluding hydrogens is 439 g/mol. The second-order valence-electron chi connectivity index (χ2n) is 7.74. The van der Waals surface area contributed by atoms with Gasteiger partial charge in [0.2, 0.25) is 0 Å². The number of anilines is 4. The van der Waals surface area contributed by atoms with Gasteiger partial charge < -0.3 is 20.1 Å². The van der Waals surface area contributed by atoms with E-state index in [0.29, 0.717) is 17.2 Å². The van der Waals surface area contributed by atoms with Gasteiger partial charge in [0.15, 0.2) is 5.75 Å². The maximum Gasteiger partial charge on any atom is 0.308 e. The second-order valence-corrected chi connectivity index (χ2v) is 8.80. The van der Waals surface area contributed by atoms with Crippen LogP contribution in [0.3, 0.4) is 0 Å². The molecule has 0 atom stereocenters. The van der Waals surface area contributed by atoms with Gasteiger partial charge in [0.05, 0.1) is 34.8 Å². The second kappa shape index (κ2) is 8.33. The number of esters is 1. The minimum atomic E-state index is -0.431. The number of aryl methyl sites for hydroxylation is 1. The van der Waals surface area contributed by atoms with Crippen molar-refractivity contribution in [2.45, 2.75) is 23.6 Å². The van der Waals surface area contributed by atoms with Crippen molar-refractivity contribution in [3.63, 3.8) is 0 Å². The smallest absolute Gasteiger partial charge is 0.308 e. The fourth-order valence-corrected chi connectivity index (χ4v) is 5.09. The maximum absolute atomic E-state index is 14.0. The number of carbonyl (C=O) groups is 1. The van der Waals surface area contributed by atoms with E-state index < -0.39 is 5.97 Å². The van der Waals surface area contributed by atoms with Crippen LogP contribution in [0, 0.1) is 12.7 Å². The van der Waals surface area contributed by atoms with E-state index >= 15 is 0 Å². The molecule has 0 fully saturated rings. The van der Waals surface area contributed by atoms with Gasteiger partial charge in [-0.05, 0) is 42.8 Å². The molecule has 5 rings (SSSR count). The Hall–Kier alpha value is -3.71. The van der Waals surface area contributed by atoms with Crippen LogP contribution in [0.1, 0.15) is 12.5 Å². The van der Waals surface area contributed by atoms with Crippen molar-refractivity contribution < 1.29 is 18.7 Å². The number of halogens is 1. The Morgan fingerprint density at radius 1 is 1.06 bits per heavy atom. The lowest BCUT2D eigenvalue weighted by molar-refractivity contribution is -0.131. The average molecular weight is 461 g/mol. The molecule has 0 spiro atoms. The predicted octanol–water partition coefficient (Wildman–Crippen LogP) is 7.17. The Bertz CT molecular complexity index is 1420. The topological polar surface area (TPSA) is 59.6 Å². The zero-order chi connectivity index (χ0) is 23.1. The first-order valence-corrected chi connectivity index (χ1v) is 11.2. The third kappa shape index (κ3) is 3.85. The number of hydrogen-bond donors (Lipinski definition) is 2. The molecule has 0 aromatic heterocycles. The Morgan fingerprint density at radius 3 is 2.61 bits per heavy atom. The number of nitrogens with one attached hydrogen (secondary N) is 2. The molecule has 4 aromatic rings. The first-order chi connectivity index (χ1) is 15.9. The number of fused-ring (bicyclic) bond motifs is 4. The highest BCUT2D eigenvalue weighted by Gasteiger charge is 2.27. The summed E-state index contributed by atoms with van der Waals surface area (Å²) in [5.74, 6) is 0.313. The van der Waals surface area contributed by atoms with Crippen molar-refractivity contribution in [2.75, 3.05) is 17.7 Å². The van der Waals surface area contributed by atoms with Crippen LogP contribution in [0.4, 0.5) is 27.1 Å². The van der Waals surface area contributed by atoms with Crippen molar-refractivity contribution >= 4 is 51.3 Å². The number of benzene rings is 4. The summed E-state index contributed by atoms with van der Waals surface area (Å²) in [6.07, 6.45) is 0. The quantitative estimate of drug-likeness (QED) is 0.219. The lowest BCUT2D eigenvalue weighted by Gasteiger charge is -2.27. The molecule has 1 aliphatic heterocycles. The third-order valence-electron chi connectivity index (χ3n) is 5.40. The molecule has 2 N–H and O–H groups in total. The molecule has 0 saturated carbocycles.